The number of phenols is 1. The molecule has 0 bridgehead atoms. The Kier molecular flexibility index (Phi) is 3.02. The summed E-state index contributed by atoms with van der Waals surface area (Å²) in [6.45, 7) is 3.23. The molecule has 1 aromatic carbocycles. The lowest BCUT2D eigenvalue weighted by molar-refractivity contribution is -0.181. The van der Waals surface area contributed by atoms with Gasteiger partial charge in [-0.25, -0.2) is 0 Å². The molecule has 1 aliphatic heterocycles. The molecule has 6 heteroatoms. The predicted octanol–water partition coefficient (Wildman–Crippen LogP) is 0.137. The number of ketones is 1. The number of fused-ring (bicyclic) bond motifs is 2. The Morgan fingerprint density at radius 1 is 1.24 bits per heavy atom. The summed E-state index contributed by atoms with van der Waals surface area (Å²) in [5.74, 6) is -1.55. The minimum absolute atomic E-state index is 0.0192. The summed E-state index contributed by atoms with van der Waals surface area (Å²) in [5, 5.41) is 40.2. The summed E-state index contributed by atoms with van der Waals surface area (Å²) in [6.07, 6.45) is -3.73. The Hall–Kier alpha value is -1.63. The fourth-order valence-corrected chi connectivity index (χ4v) is 3.47. The van der Waals surface area contributed by atoms with Crippen molar-refractivity contribution in [1.29, 1.82) is 0 Å². The quantitative estimate of drug-likeness (QED) is 0.542. The third-order valence-corrected chi connectivity index (χ3v) is 4.52. The molecule has 0 spiro atoms. The standard InChI is InChI=1S/C15H18O6/c1-6-3-7(16)11-10(4-6)21-15(2)12(13(11)19)8(17)5-9(18)14(15)20/h3-4,8-9,12,14,16-18,20H,5H2,1-2H3/t8-,9-,12+,14-,15-/m0/s1. The van der Waals surface area contributed by atoms with Crippen LogP contribution in [0.4, 0.5) is 0 Å². The molecular formula is C15H18O6. The van der Waals surface area contributed by atoms with Crippen molar-refractivity contribution in [2.45, 2.75) is 44.2 Å². The average molecular weight is 294 g/mol. The minimum Gasteiger partial charge on any atom is -0.507 e. The fourth-order valence-electron chi connectivity index (χ4n) is 3.47. The van der Waals surface area contributed by atoms with Crippen LogP contribution < -0.4 is 4.74 Å². The molecule has 3 rings (SSSR count). The number of hydrogen-bond acceptors (Lipinski definition) is 6. The Bertz CT molecular complexity index is 612. The van der Waals surface area contributed by atoms with Crippen molar-refractivity contribution in [1.82, 2.24) is 0 Å². The molecule has 5 atom stereocenters. The van der Waals surface area contributed by atoms with Crippen molar-refractivity contribution in [3.8, 4) is 11.5 Å². The number of carbonyl (C=O) groups excluding carboxylic acids is 1. The molecule has 6 nitrogen and oxygen atoms in total. The van der Waals surface area contributed by atoms with E-state index in [1.165, 1.54) is 13.0 Å². The number of carbonyl (C=O) groups is 1. The van der Waals surface area contributed by atoms with E-state index < -0.39 is 35.6 Å². The van der Waals surface area contributed by atoms with Crippen molar-refractivity contribution < 1.29 is 30.0 Å². The third kappa shape index (κ3) is 1.87. The van der Waals surface area contributed by atoms with Crippen LogP contribution in [0.2, 0.25) is 0 Å². The summed E-state index contributed by atoms with van der Waals surface area (Å²) < 4.78 is 5.76. The highest BCUT2D eigenvalue weighted by Crippen LogP contribution is 2.47. The lowest BCUT2D eigenvalue weighted by Gasteiger charge is -2.50. The number of Topliss-reactive ketones (excluding diaryl/α,β-unsaturated/α-hetero) is 1. The maximum Gasteiger partial charge on any atom is 0.180 e. The second-order valence-corrected chi connectivity index (χ2v) is 6.10. The number of aliphatic hydroxyl groups excluding tert-OH is 3. The molecule has 1 aliphatic carbocycles. The van der Waals surface area contributed by atoms with Gasteiger partial charge in [0.2, 0.25) is 0 Å². The van der Waals surface area contributed by atoms with E-state index in [4.69, 9.17) is 4.74 Å². The molecule has 0 saturated heterocycles. The molecule has 4 N–H and O–H groups in total. The van der Waals surface area contributed by atoms with E-state index in [0.717, 1.165) is 0 Å². The lowest BCUT2D eigenvalue weighted by Crippen LogP contribution is -2.67. The summed E-state index contributed by atoms with van der Waals surface area (Å²) in [5.41, 5.74) is -0.709. The summed E-state index contributed by atoms with van der Waals surface area (Å²) in [4.78, 5) is 12.7. The first-order chi connectivity index (χ1) is 9.75. The van der Waals surface area contributed by atoms with Gasteiger partial charge < -0.3 is 25.2 Å². The van der Waals surface area contributed by atoms with Crippen LogP contribution in [0.3, 0.4) is 0 Å². The van der Waals surface area contributed by atoms with Gasteiger partial charge in [-0.15, -0.1) is 0 Å². The molecule has 1 aromatic rings. The topological polar surface area (TPSA) is 107 Å². The molecule has 1 fully saturated rings. The average Bonchev–Trinajstić information content (AvgIpc) is 2.34. The first-order valence-corrected chi connectivity index (χ1v) is 6.86. The number of aryl methyl sites for hydroxylation is 1. The normalized spacial score (nSPS) is 38.4. The molecule has 1 saturated carbocycles. The number of ether oxygens (including phenoxy) is 1. The Balaban J connectivity index is 2.18. The van der Waals surface area contributed by atoms with Crippen LogP contribution in [0.5, 0.6) is 11.5 Å². The highest BCUT2D eigenvalue weighted by Gasteiger charge is 2.59. The minimum atomic E-state index is -1.43. The van der Waals surface area contributed by atoms with E-state index in [1.807, 2.05) is 0 Å². The van der Waals surface area contributed by atoms with Gasteiger partial charge in [-0.3, -0.25) is 4.79 Å². The zero-order valence-corrected chi connectivity index (χ0v) is 11.8. The largest absolute Gasteiger partial charge is 0.507 e. The van der Waals surface area contributed by atoms with Gasteiger partial charge in [0.25, 0.3) is 0 Å². The van der Waals surface area contributed by atoms with E-state index >= 15 is 0 Å². The van der Waals surface area contributed by atoms with Gasteiger partial charge in [0.05, 0.1) is 18.1 Å². The number of aromatic hydroxyl groups is 1. The van der Waals surface area contributed by atoms with E-state index in [2.05, 4.69) is 0 Å². The van der Waals surface area contributed by atoms with Crippen LogP contribution in [-0.4, -0.2) is 50.1 Å². The second-order valence-electron chi connectivity index (χ2n) is 6.10. The number of aliphatic hydroxyl groups is 3. The Morgan fingerprint density at radius 2 is 1.90 bits per heavy atom. The van der Waals surface area contributed by atoms with Crippen molar-refractivity contribution in [3.63, 3.8) is 0 Å². The summed E-state index contributed by atoms with van der Waals surface area (Å²) >= 11 is 0. The Morgan fingerprint density at radius 3 is 2.57 bits per heavy atom. The lowest BCUT2D eigenvalue weighted by atomic mass is 9.67. The van der Waals surface area contributed by atoms with Crippen LogP contribution >= 0.6 is 0 Å². The molecule has 0 radical (unpaired) electrons. The third-order valence-electron chi connectivity index (χ3n) is 4.52. The number of rotatable bonds is 0. The SMILES string of the molecule is Cc1cc(O)c2c(c1)O[C@]1(C)[C@@H](O)[C@@H](O)C[C@H](O)[C@@H]1C2=O. The summed E-state index contributed by atoms with van der Waals surface area (Å²) in [7, 11) is 0. The first kappa shape index (κ1) is 14.3. The van der Waals surface area contributed by atoms with Crippen molar-refractivity contribution in [2.75, 3.05) is 0 Å². The number of benzene rings is 1. The van der Waals surface area contributed by atoms with E-state index in [9.17, 15) is 25.2 Å². The van der Waals surface area contributed by atoms with Crippen LogP contribution in [0.1, 0.15) is 29.3 Å². The van der Waals surface area contributed by atoms with Gasteiger partial charge in [-0.2, -0.15) is 0 Å². The number of phenolic OH excluding ortho intramolecular Hbond substituents is 1. The van der Waals surface area contributed by atoms with Gasteiger partial charge in [-0.05, 0) is 31.5 Å². The molecule has 0 aromatic heterocycles. The van der Waals surface area contributed by atoms with Gasteiger partial charge in [0.15, 0.2) is 5.78 Å². The number of hydrogen-bond donors (Lipinski definition) is 4. The van der Waals surface area contributed by atoms with E-state index in [-0.39, 0.29) is 23.5 Å². The van der Waals surface area contributed by atoms with Crippen molar-refractivity contribution >= 4 is 5.78 Å². The highest BCUT2D eigenvalue weighted by atomic mass is 16.5. The van der Waals surface area contributed by atoms with Crippen molar-refractivity contribution in [2.24, 2.45) is 5.92 Å². The zero-order valence-electron chi connectivity index (χ0n) is 11.8. The summed E-state index contributed by atoms with van der Waals surface area (Å²) in [6, 6.07) is 3.04. The molecule has 0 unspecified atom stereocenters. The van der Waals surface area contributed by atoms with E-state index in [1.54, 1.807) is 13.0 Å². The molecule has 114 valence electrons. The molecule has 1 heterocycles. The zero-order chi connectivity index (χ0) is 15.5. The second kappa shape index (κ2) is 4.43. The van der Waals surface area contributed by atoms with Gasteiger partial charge in [0, 0.05) is 6.42 Å². The van der Waals surface area contributed by atoms with Crippen molar-refractivity contribution in [3.05, 3.63) is 23.3 Å². The predicted molar refractivity (Wildman–Crippen MR) is 72.3 cm³/mol. The monoisotopic (exact) mass is 294 g/mol. The van der Waals surface area contributed by atoms with Gasteiger partial charge in [0.1, 0.15) is 28.8 Å². The maximum atomic E-state index is 12.7. The van der Waals surface area contributed by atoms with E-state index in [0.29, 0.717) is 5.56 Å². The molecule has 0 amide bonds. The Labute approximate surface area is 121 Å². The van der Waals surface area contributed by atoms with Gasteiger partial charge in [-0.1, -0.05) is 0 Å². The van der Waals surface area contributed by atoms with Gasteiger partial charge >= 0.3 is 0 Å². The molecule has 21 heavy (non-hydrogen) atoms. The van der Waals surface area contributed by atoms with Crippen LogP contribution in [0.15, 0.2) is 12.1 Å². The fraction of sp³-hybridized carbons (Fsp3) is 0.533. The smallest absolute Gasteiger partial charge is 0.180 e. The van der Waals surface area contributed by atoms with Crippen LogP contribution in [0, 0.1) is 12.8 Å². The molecule has 2 aliphatic rings. The highest BCUT2D eigenvalue weighted by molar-refractivity contribution is 6.05. The molecular weight excluding hydrogens is 276 g/mol. The first-order valence-electron chi connectivity index (χ1n) is 6.86. The maximum absolute atomic E-state index is 12.7. The van der Waals surface area contributed by atoms with Crippen LogP contribution in [0.25, 0.3) is 0 Å². The van der Waals surface area contributed by atoms with Crippen LogP contribution in [-0.2, 0) is 0 Å².